The molecular formula is C6H11N5O4S. The molecule has 1 heterocycles. The molecule has 1 aromatic heterocycles. The van der Waals surface area contributed by atoms with E-state index >= 15 is 0 Å². The first-order valence-corrected chi connectivity index (χ1v) is 6.03. The zero-order valence-electron chi connectivity index (χ0n) is 8.19. The van der Waals surface area contributed by atoms with Crippen LogP contribution in [0.5, 0.6) is 0 Å². The maximum atomic E-state index is 11.1. The van der Waals surface area contributed by atoms with Crippen molar-refractivity contribution < 1.29 is 8.42 Å². The van der Waals surface area contributed by atoms with Crippen molar-refractivity contribution in [1.82, 2.24) is 15.2 Å². The fourth-order valence-electron chi connectivity index (χ4n) is 0.948. The number of hydrogen-bond donors (Lipinski definition) is 4. The molecule has 5 N–H and O–H groups in total. The highest BCUT2D eigenvalue weighted by molar-refractivity contribution is 7.89. The first kappa shape index (κ1) is 12.4. The Bertz CT molecular complexity index is 559. The Labute approximate surface area is 90.1 Å². The van der Waals surface area contributed by atoms with Gasteiger partial charge in [-0.3, -0.25) is 9.78 Å². The third kappa shape index (κ3) is 4.23. The lowest BCUT2D eigenvalue weighted by Gasteiger charge is -2.02. The number of aromatic amines is 2. The van der Waals surface area contributed by atoms with Gasteiger partial charge in [-0.2, -0.15) is 0 Å². The molecule has 0 amide bonds. The molecule has 0 radical (unpaired) electrons. The molecule has 0 fully saturated rings. The zero-order chi connectivity index (χ0) is 12.2. The molecule has 0 aliphatic carbocycles. The number of nitrogens with zero attached hydrogens (tertiary/aromatic N) is 1. The summed E-state index contributed by atoms with van der Waals surface area (Å²) in [6, 6.07) is 0. The smallest absolute Gasteiger partial charge is 0.342 e. The van der Waals surface area contributed by atoms with Crippen molar-refractivity contribution in [3.63, 3.8) is 0 Å². The van der Waals surface area contributed by atoms with Crippen LogP contribution >= 0.6 is 0 Å². The number of H-pyrrole nitrogens is 2. The Morgan fingerprint density at radius 1 is 1.38 bits per heavy atom. The minimum Gasteiger partial charge on any atom is -0.364 e. The van der Waals surface area contributed by atoms with Crippen LogP contribution in [0.2, 0.25) is 0 Å². The van der Waals surface area contributed by atoms with Gasteiger partial charge in [0, 0.05) is 6.54 Å². The zero-order valence-corrected chi connectivity index (χ0v) is 9.00. The topological polar surface area (TPSA) is 151 Å². The molecule has 16 heavy (non-hydrogen) atoms. The molecule has 0 spiro atoms. The molecule has 1 aromatic rings. The van der Waals surface area contributed by atoms with Crippen molar-refractivity contribution in [2.75, 3.05) is 17.6 Å². The SMILES string of the molecule is NS(=O)(=O)CCCNc1n[nH]c(=O)[nH]c1=O. The number of primary sulfonamides is 1. The summed E-state index contributed by atoms with van der Waals surface area (Å²) >= 11 is 0. The summed E-state index contributed by atoms with van der Waals surface area (Å²) in [5, 5.41) is 12.8. The van der Waals surface area contributed by atoms with E-state index in [-0.39, 0.29) is 24.5 Å². The van der Waals surface area contributed by atoms with Gasteiger partial charge in [0.15, 0.2) is 0 Å². The molecule has 0 unspecified atom stereocenters. The maximum Gasteiger partial charge on any atom is 0.342 e. The Morgan fingerprint density at radius 2 is 2.06 bits per heavy atom. The van der Waals surface area contributed by atoms with Crippen LogP contribution in [0, 0.1) is 0 Å². The van der Waals surface area contributed by atoms with Crippen molar-refractivity contribution in [2.45, 2.75) is 6.42 Å². The van der Waals surface area contributed by atoms with Gasteiger partial charge in [0.2, 0.25) is 15.8 Å². The van der Waals surface area contributed by atoms with E-state index in [4.69, 9.17) is 5.14 Å². The third-order valence-corrected chi connectivity index (χ3v) is 2.47. The molecule has 1 rings (SSSR count). The normalized spacial score (nSPS) is 11.3. The Morgan fingerprint density at radius 3 is 2.62 bits per heavy atom. The molecule has 90 valence electrons. The highest BCUT2D eigenvalue weighted by Crippen LogP contribution is 1.90. The van der Waals surface area contributed by atoms with Crippen molar-refractivity contribution >= 4 is 15.8 Å². The van der Waals surface area contributed by atoms with Crippen LogP contribution in [-0.2, 0) is 10.0 Å². The summed E-state index contributed by atoms with van der Waals surface area (Å²) in [5.74, 6) is -0.268. The van der Waals surface area contributed by atoms with Crippen LogP contribution < -0.4 is 21.7 Å². The average molecular weight is 249 g/mol. The van der Waals surface area contributed by atoms with E-state index < -0.39 is 21.3 Å². The van der Waals surface area contributed by atoms with E-state index in [1.807, 2.05) is 10.1 Å². The molecular weight excluding hydrogens is 238 g/mol. The van der Waals surface area contributed by atoms with Crippen molar-refractivity contribution in [3.8, 4) is 0 Å². The van der Waals surface area contributed by atoms with Crippen molar-refractivity contribution in [3.05, 3.63) is 20.8 Å². The first-order valence-electron chi connectivity index (χ1n) is 4.32. The average Bonchev–Trinajstić information content (AvgIpc) is 2.13. The highest BCUT2D eigenvalue weighted by Gasteiger charge is 2.04. The Balaban J connectivity index is 2.50. The molecule has 0 aromatic carbocycles. The molecule has 0 aliphatic rings. The molecule has 0 atom stereocenters. The van der Waals surface area contributed by atoms with E-state index in [1.165, 1.54) is 0 Å². The number of anilines is 1. The summed E-state index contributed by atoms with van der Waals surface area (Å²) in [6.07, 6.45) is 0.235. The summed E-state index contributed by atoms with van der Waals surface area (Å²) < 4.78 is 21.1. The number of nitrogens with one attached hydrogen (secondary N) is 3. The van der Waals surface area contributed by atoms with Gasteiger partial charge in [0.25, 0.3) is 5.56 Å². The molecule has 10 heteroatoms. The van der Waals surface area contributed by atoms with Gasteiger partial charge in [-0.25, -0.2) is 23.4 Å². The van der Waals surface area contributed by atoms with Crippen LogP contribution in [0.4, 0.5) is 5.82 Å². The van der Waals surface area contributed by atoms with E-state index in [1.54, 1.807) is 0 Å². The third-order valence-electron chi connectivity index (χ3n) is 1.61. The van der Waals surface area contributed by atoms with Gasteiger partial charge in [-0.05, 0) is 6.42 Å². The van der Waals surface area contributed by atoms with Crippen LogP contribution in [0.3, 0.4) is 0 Å². The van der Waals surface area contributed by atoms with Gasteiger partial charge in [0.1, 0.15) is 0 Å². The van der Waals surface area contributed by atoms with Crippen molar-refractivity contribution in [1.29, 1.82) is 0 Å². The Kier molecular flexibility index (Phi) is 3.79. The van der Waals surface area contributed by atoms with Crippen molar-refractivity contribution in [2.24, 2.45) is 5.14 Å². The fourth-order valence-corrected chi connectivity index (χ4v) is 1.49. The second kappa shape index (κ2) is 4.90. The molecule has 0 saturated carbocycles. The summed E-state index contributed by atoms with van der Waals surface area (Å²) in [5.41, 5.74) is -1.38. The molecule has 0 bridgehead atoms. The summed E-state index contributed by atoms with van der Waals surface area (Å²) in [4.78, 5) is 23.7. The van der Waals surface area contributed by atoms with Gasteiger partial charge in [-0.15, -0.1) is 5.10 Å². The number of nitrogens with two attached hydrogens (primary N) is 1. The number of hydrogen-bond acceptors (Lipinski definition) is 6. The van der Waals surface area contributed by atoms with Crippen LogP contribution in [0.25, 0.3) is 0 Å². The minimum atomic E-state index is -3.50. The molecule has 0 aliphatic heterocycles. The van der Waals surface area contributed by atoms with E-state index in [0.29, 0.717) is 0 Å². The van der Waals surface area contributed by atoms with Gasteiger partial charge >= 0.3 is 5.69 Å². The lowest BCUT2D eigenvalue weighted by Crippen LogP contribution is -2.27. The lowest BCUT2D eigenvalue weighted by molar-refractivity contribution is 0.595. The quantitative estimate of drug-likeness (QED) is 0.425. The summed E-state index contributed by atoms with van der Waals surface area (Å²) in [6.45, 7) is 0.207. The lowest BCUT2D eigenvalue weighted by atomic mass is 10.5. The van der Waals surface area contributed by atoms with Gasteiger partial charge < -0.3 is 5.32 Å². The first-order chi connectivity index (χ1) is 7.38. The predicted molar refractivity (Wildman–Crippen MR) is 56.6 cm³/mol. The van der Waals surface area contributed by atoms with E-state index in [9.17, 15) is 18.0 Å². The molecule has 0 saturated heterocycles. The van der Waals surface area contributed by atoms with E-state index in [2.05, 4.69) is 10.4 Å². The monoisotopic (exact) mass is 249 g/mol. The van der Waals surface area contributed by atoms with E-state index in [0.717, 1.165) is 0 Å². The van der Waals surface area contributed by atoms with Crippen LogP contribution in [-0.4, -0.2) is 35.9 Å². The van der Waals surface area contributed by atoms with Crippen LogP contribution in [0.1, 0.15) is 6.42 Å². The van der Waals surface area contributed by atoms with Crippen LogP contribution in [0.15, 0.2) is 9.59 Å². The Hall–Kier alpha value is -1.68. The number of rotatable bonds is 5. The standard InChI is InChI=1S/C6H11N5O4S/c7-16(14,15)3-1-2-8-4-5(12)9-6(13)11-10-4/h1-3H2,(H,8,10)(H2,7,14,15)(H2,9,11,12,13). The maximum absolute atomic E-state index is 11.1. The second-order valence-electron chi connectivity index (χ2n) is 3.00. The van der Waals surface area contributed by atoms with Gasteiger partial charge in [-0.1, -0.05) is 0 Å². The second-order valence-corrected chi connectivity index (χ2v) is 4.74. The highest BCUT2D eigenvalue weighted by atomic mass is 32.2. The molecule has 9 nitrogen and oxygen atoms in total. The fraction of sp³-hybridized carbons (Fsp3) is 0.500. The predicted octanol–water partition coefficient (Wildman–Crippen LogP) is -2.45. The number of aromatic nitrogens is 3. The largest absolute Gasteiger partial charge is 0.364 e. The number of sulfonamides is 1. The summed E-state index contributed by atoms with van der Waals surface area (Å²) in [7, 11) is -3.50. The minimum absolute atomic E-state index is 0.0750. The van der Waals surface area contributed by atoms with Gasteiger partial charge in [0.05, 0.1) is 5.75 Å².